The van der Waals surface area contributed by atoms with E-state index in [-0.39, 0.29) is 23.0 Å². The normalized spacial score (nSPS) is 13.0. The van der Waals surface area contributed by atoms with Crippen molar-refractivity contribution in [2.24, 2.45) is 0 Å². The van der Waals surface area contributed by atoms with Crippen LogP contribution >= 0.6 is 11.3 Å². The SMILES string of the molecule is CC(C)NS(=O)(=O)c1ccc(NC(=O)NCC(c2cccs2)N(C)C)cc1. The minimum atomic E-state index is -3.54. The Labute approximate surface area is 164 Å². The summed E-state index contributed by atoms with van der Waals surface area (Å²) in [5.41, 5.74) is 0.522. The van der Waals surface area contributed by atoms with Crippen molar-refractivity contribution in [3.63, 3.8) is 0 Å². The van der Waals surface area contributed by atoms with Gasteiger partial charge in [-0.15, -0.1) is 11.3 Å². The Morgan fingerprint density at radius 3 is 2.33 bits per heavy atom. The first kappa shape index (κ1) is 21.4. The number of rotatable bonds is 8. The number of amides is 2. The topological polar surface area (TPSA) is 90.5 Å². The lowest BCUT2D eigenvalue weighted by Crippen LogP contribution is -2.36. The first-order valence-electron chi connectivity index (χ1n) is 8.56. The highest BCUT2D eigenvalue weighted by molar-refractivity contribution is 7.89. The van der Waals surface area contributed by atoms with Gasteiger partial charge < -0.3 is 15.5 Å². The summed E-state index contributed by atoms with van der Waals surface area (Å²) < 4.78 is 26.8. The molecular formula is C18H26N4O3S2. The van der Waals surface area contributed by atoms with Gasteiger partial charge >= 0.3 is 6.03 Å². The number of sulfonamides is 1. The quantitative estimate of drug-likeness (QED) is 0.624. The Hall–Kier alpha value is -1.94. The van der Waals surface area contributed by atoms with E-state index in [1.54, 1.807) is 37.3 Å². The van der Waals surface area contributed by atoms with Crippen LogP contribution in [0.3, 0.4) is 0 Å². The van der Waals surface area contributed by atoms with Crippen LogP contribution in [-0.4, -0.2) is 46.0 Å². The van der Waals surface area contributed by atoms with E-state index in [2.05, 4.69) is 15.4 Å². The van der Waals surface area contributed by atoms with Crippen molar-refractivity contribution in [2.75, 3.05) is 26.0 Å². The van der Waals surface area contributed by atoms with Crippen LogP contribution in [0, 0.1) is 0 Å². The number of urea groups is 1. The van der Waals surface area contributed by atoms with Crippen LogP contribution in [0.4, 0.5) is 10.5 Å². The highest BCUT2D eigenvalue weighted by Gasteiger charge is 2.17. The lowest BCUT2D eigenvalue weighted by molar-refractivity contribution is 0.244. The predicted molar refractivity (Wildman–Crippen MR) is 110 cm³/mol. The standard InChI is InChI=1S/C18H26N4O3S2/c1-13(2)21-27(24,25)15-9-7-14(8-10-15)20-18(23)19-12-16(22(3)4)17-6-5-11-26-17/h5-11,13,16,21H,12H2,1-4H3,(H2,19,20,23). The molecule has 1 atom stereocenters. The van der Waals surface area contributed by atoms with Gasteiger partial charge in [0.25, 0.3) is 0 Å². The molecule has 0 aliphatic carbocycles. The molecule has 2 rings (SSSR count). The number of carbonyl (C=O) groups is 1. The van der Waals surface area contributed by atoms with Crippen LogP contribution in [0.25, 0.3) is 0 Å². The zero-order valence-electron chi connectivity index (χ0n) is 15.9. The van der Waals surface area contributed by atoms with E-state index in [1.807, 2.05) is 36.5 Å². The van der Waals surface area contributed by atoms with Crippen molar-refractivity contribution in [3.05, 3.63) is 46.7 Å². The monoisotopic (exact) mass is 410 g/mol. The summed E-state index contributed by atoms with van der Waals surface area (Å²) in [5.74, 6) is 0. The van der Waals surface area contributed by atoms with E-state index in [4.69, 9.17) is 0 Å². The molecule has 9 heteroatoms. The number of hydrogen-bond donors (Lipinski definition) is 3. The van der Waals surface area contributed by atoms with E-state index < -0.39 is 10.0 Å². The van der Waals surface area contributed by atoms with Crippen molar-refractivity contribution in [2.45, 2.75) is 30.8 Å². The number of likely N-dealkylation sites (N-methyl/N-ethyl adjacent to an activating group) is 1. The van der Waals surface area contributed by atoms with Crippen molar-refractivity contribution >= 4 is 33.1 Å². The molecule has 1 aromatic carbocycles. The van der Waals surface area contributed by atoms with Crippen LogP contribution < -0.4 is 15.4 Å². The number of nitrogens with one attached hydrogen (secondary N) is 3. The lowest BCUT2D eigenvalue weighted by Gasteiger charge is -2.23. The van der Waals surface area contributed by atoms with Gasteiger partial charge in [0.15, 0.2) is 0 Å². The molecule has 0 radical (unpaired) electrons. The molecule has 1 unspecified atom stereocenters. The molecule has 0 aliphatic heterocycles. The minimum absolute atomic E-state index is 0.0883. The number of hydrogen-bond acceptors (Lipinski definition) is 5. The van der Waals surface area contributed by atoms with Crippen molar-refractivity contribution in [1.29, 1.82) is 0 Å². The average molecular weight is 411 g/mol. The summed E-state index contributed by atoms with van der Waals surface area (Å²) in [5, 5.41) is 7.59. The summed E-state index contributed by atoms with van der Waals surface area (Å²) in [6, 6.07) is 9.66. The third-order valence-electron chi connectivity index (χ3n) is 3.76. The highest BCUT2D eigenvalue weighted by Crippen LogP contribution is 2.22. The third-order valence-corrected chi connectivity index (χ3v) is 6.41. The van der Waals surface area contributed by atoms with Crippen LogP contribution in [0.15, 0.2) is 46.7 Å². The number of nitrogens with zero attached hydrogens (tertiary/aromatic N) is 1. The molecule has 0 aliphatic rings. The zero-order valence-corrected chi connectivity index (χ0v) is 17.5. The van der Waals surface area contributed by atoms with Crippen molar-refractivity contribution < 1.29 is 13.2 Å². The van der Waals surface area contributed by atoms with Gasteiger partial charge in [0.1, 0.15) is 0 Å². The van der Waals surface area contributed by atoms with Crippen molar-refractivity contribution in [3.8, 4) is 0 Å². The molecule has 1 heterocycles. The Bertz CT molecular complexity index is 832. The Balaban J connectivity index is 1.94. The fourth-order valence-electron chi connectivity index (χ4n) is 2.48. The molecule has 0 fully saturated rings. The molecule has 7 nitrogen and oxygen atoms in total. The van der Waals surface area contributed by atoms with E-state index in [9.17, 15) is 13.2 Å². The van der Waals surface area contributed by atoms with E-state index in [1.165, 1.54) is 17.0 Å². The number of thiophene rings is 1. The molecule has 2 aromatic rings. The largest absolute Gasteiger partial charge is 0.336 e. The molecule has 0 saturated heterocycles. The third kappa shape index (κ3) is 6.31. The van der Waals surface area contributed by atoms with E-state index in [0.29, 0.717) is 12.2 Å². The second-order valence-electron chi connectivity index (χ2n) is 6.63. The first-order valence-corrected chi connectivity index (χ1v) is 10.9. The van der Waals surface area contributed by atoms with Gasteiger partial charge in [0, 0.05) is 23.2 Å². The summed E-state index contributed by atoms with van der Waals surface area (Å²) in [6.45, 7) is 3.98. The van der Waals surface area contributed by atoms with Crippen LogP contribution in [0.5, 0.6) is 0 Å². The predicted octanol–water partition coefficient (Wildman–Crippen LogP) is 2.86. The minimum Gasteiger partial charge on any atom is -0.336 e. The maximum absolute atomic E-state index is 12.2. The summed E-state index contributed by atoms with van der Waals surface area (Å²) in [4.78, 5) is 15.6. The maximum atomic E-state index is 12.2. The summed E-state index contributed by atoms with van der Waals surface area (Å²) >= 11 is 1.65. The summed E-state index contributed by atoms with van der Waals surface area (Å²) in [7, 11) is 0.390. The Morgan fingerprint density at radius 2 is 1.81 bits per heavy atom. The van der Waals surface area contributed by atoms with Gasteiger partial charge in [0.05, 0.1) is 10.9 Å². The Morgan fingerprint density at radius 1 is 1.15 bits per heavy atom. The average Bonchev–Trinajstić information content (AvgIpc) is 3.08. The van der Waals surface area contributed by atoms with Crippen LogP contribution in [0.1, 0.15) is 24.8 Å². The molecule has 0 bridgehead atoms. The molecule has 2 amide bonds. The lowest BCUT2D eigenvalue weighted by atomic mass is 10.2. The highest BCUT2D eigenvalue weighted by atomic mass is 32.2. The van der Waals surface area contributed by atoms with Gasteiger partial charge in [-0.05, 0) is 63.7 Å². The zero-order chi connectivity index (χ0) is 20.0. The van der Waals surface area contributed by atoms with Crippen LogP contribution in [-0.2, 0) is 10.0 Å². The number of anilines is 1. The molecule has 27 heavy (non-hydrogen) atoms. The smallest absolute Gasteiger partial charge is 0.319 e. The van der Waals surface area contributed by atoms with Crippen LogP contribution in [0.2, 0.25) is 0 Å². The Kier molecular flexibility index (Phi) is 7.37. The van der Waals surface area contributed by atoms with Gasteiger partial charge in [0.2, 0.25) is 10.0 Å². The molecule has 0 spiro atoms. The van der Waals surface area contributed by atoms with E-state index in [0.717, 1.165) is 0 Å². The summed E-state index contributed by atoms with van der Waals surface area (Å²) in [6.07, 6.45) is 0. The fourth-order valence-corrected chi connectivity index (χ4v) is 4.65. The molecular weight excluding hydrogens is 384 g/mol. The molecule has 0 saturated carbocycles. The second-order valence-corrected chi connectivity index (χ2v) is 9.32. The maximum Gasteiger partial charge on any atom is 0.319 e. The number of carbonyl (C=O) groups excluding carboxylic acids is 1. The van der Waals surface area contributed by atoms with Gasteiger partial charge in [-0.25, -0.2) is 17.9 Å². The van der Waals surface area contributed by atoms with Gasteiger partial charge in [-0.3, -0.25) is 0 Å². The van der Waals surface area contributed by atoms with E-state index >= 15 is 0 Å². The van der Waals surface area contributed by atoms with Gasteiger partial charge in [-0.1, -0.05) is 6.07 Å². The fraction of sp³-hybridized carbons (Fsp3) is 0.389. The second kappa shape index (κ2) is 9.32. The molecule has 1 aromatic heterocycles. The number of benzene rings is 1. The van der Waals surface area contributed by atoms with Gasteiger partial charge in [-0.2, -0.15) is 0 Å². The first-order chi connectivity index (χ1) is 12.7. The van der Waals surface area contributed by atoms with Crippen molar-refractivity contribution in [1.82, 2.24) is 14.9 Å². The molecule has 3 N–H and O–H groups in total. The molecule has 148 valence electrons.